The highest BCUT2D eigenvalue weighted by atomic mass is 32.1. The fourth-order valence-electron chi connectivity index (χ4n) is 2.29. The third-order valence-electron chi connectivity index (χ3n) is 3.24. The van der Waals surface area contributed by atoms with E-state index in [-0.39, 0.29) is 38.9 Å². The molecule has 2 heterocycles. The summed E-state index contributed by atoms with van der Waals surface area (Å²) in [5.41, 5.74) is -0.495. The molecule has 1 aliphatic rings. The zero-order valence-electron chi connectivity index (χ0n) is 11.7. The molecule has 23 heavy (non-hydrogen) atoms. The van der Waals surface area contributed by atoms with Crippen LogP contribution in [0.2, 0.25) is 0 Å². The van der Waals surface area contributed by atoms with Crippen LogP contribution in [0.4, 0.5) is 5.00 Å². The molecule has 2 aromatic heterocycles. The molecule has 2 aromatic rings. The monoisotopic (exact) mass is 332 g/mol. The number of fused-ring (bicyclic) bond motifs is 2. The molecule has 1 aliphatic carbocycles. The molecular weight excluding hydrogens is 324 g/mol. The van der Waals surface area contributed by atoms with Crippen LogP contribution in [0.15, 0.2) is 18.3 Å². The number of nitro groups is 1. The largest absolute Gasteiger partial charge is 0.462 e. The van der Waals surface area contributed by atoms with Gasteiger partial charge >= 0.3 is 11.0 Å². The Balaban J connectivity index is 2.21. The number of aromatic nitrogens is 1. The number of carbonyl (C=O) groups excluding carboxylic acids is 3. The number of hydrogen-bond acceptors (Lipinski definition) is 8. The third-order valence-corrected chi connectivity index (χ3v) is 4.32. The van der Waals surface area contributed by atoms with Crippen molar-refractivity contribution in [1.29, 1.82) is 0 Å². The van der Waals surface area contributed by atoms with Crippen molar-refractivity contribution in [3.05, 3.63) is 55.7 Å². The number of rotatable bonds is 3. The number of ketones is 2. The Bertz CT molecular complexity index is 885. The second-order valence-electron chi connectivity index (χ2n) is 4.55. The molecule has 0 saturated carbocycles. The Kier molecular flexibility index (Phi) is 3.49. The lowest BCUT2D eigenvalue weighted by Gasteiger charge is -2.15. The first kappa shape index (κ1) is 15.0. The van der Waals surface area contributed by atoms with Crippen LogP contribution in [0.1, 0.15) is 48.6 Å². The van der Waals surface area contributed by atoms with Crippen molar-refractivity contribution in [2.45, 2.75) is 6.92 Å². The second-order valence-corrected chi connectivity index (χ2v) is 5.58. The lowest BCUT2D eigenvalue weighted by molar-refractivity contribution is -0.380. The minimum atomic E-state index is -0.748. The van der Waals surface area contributed by atoms with Gasteiger partial charge in [-0.05, 0) is 13.0 Å². The second kappa shape index (κ2) is 5.36. The van der Waals surface area contributed by atoms with Gasteiger partial charge in [-0.3, -0.25) is 24.7 Å². The summed E-state index contributed by atoms with van der Waals surface area (Å²) in [6, 6.07) is 2.34. The van der Waals surface area contributed by atoms with Gasteiger partial charge in [0, 0.05) is 12.3 Å². The highest BCUT2D eigenvalue weighted by molar-refractivity contribution is 7.18. The van der Waals surface area contributed by atoms with Crippen LogP contribution in [-0.2, 0) is 4.74 Å². The molecule has 0 aliphatic heterocycles. The molecule has 9 heteroatoms. The van der Waals surface area contributed by atoms with Crippen LogP contribution in [0.5, 0.6) is 0 Å². The van der Waals surface area contributed by atoms with Crippen LogP contribution < -0.4 is 0 Å². The molecule has 0 aromatic carbocycles. The van der Waals surface area contributed by atoms with Crippen molar-refractivity contribution in [3.63, 3.8) is 0 Å². The number of ether oxygens (including phenoxy) is 1. The van der Waals surface area contributed by atoms with Crippen molar-refractivity contribution in [2.24, 2.45) is 0 Å². The average Bonchev–Trinajstić information content (AvgIpc) is 2.98. The summed E-state index contributed by atoms with van der Waals surface area (Å²) in [6.45, 7) is 1.72. The molecule has 0 spiro atoms. The molecule has 0 atom stereocenters. The molecule has 0 bridgehead atoms. The van der Waals surface area contributed by atoms with Crippen LogP contribution in [0, 0.1) is 10.1 Å². The van der Waals surface area contributed by atoms with Gasteiger partial charge in [0.15, 0.2) is 0 Å². The Morgan fingerprint density at radius 3 is 2.78 bits per heavy atom. The van der Waals surface area contributed by atoms with E-state index in [0.717, 1.165) is 6.07 Å². The van der Waals surface area contributed by atoms with E-state index in [1.165, 1.54) is 12.3 Å². The molecule has 0 radical (unpaired) electrons. The number of carbonyl (C=O) groups is 3. The van der Waals surface area contributed by atoms with Gasteiger partial charge in [0.1, 0.15) is 5.69 Å². The Morgan fingerprint density at radius 2 is 2.13 bits per heavy atom. The number of thiophene rings is 1. The van der Waals surface area contributed by atoms with Gasteiger partial charge in [-0.25, -0.2) is 4.79 Å². The number of pyridine rings is 1. The van der Waals surface area contributed by atoms with Gasteiger partial charge in [-0.2, -0.15) is 0 Å². The number of hydrogen-bond donors (Lipinski definition) is 0. The van der Waals surface area contributed by atoms with E-state index in [4.69, 9.17) is 4.74 Å². The Labute approximate surface area is 132 Å². The Hall–Kier alpha value is -2.94. The molecular formula is C14H8N2O6S. The quantitative estimate of drug-likeness (QED) is 0.409. The molecule has 0 unspecified atom stereocenters. The predicted octanol–water partition coefficient (Wildman–Crippen LogP) is 2.00. The van der Waals surface area contributed by atoms with Crippen LogP contribution in [0.25, 0.3) is 0 Å². The summed E-state index contributed by atoms with van der Waals surface area (Å²) < 4.78 is 4.87. The van der Waals surface area contributed by atoms with E-state index in [1.807, 2.05) is 0 Å². The normalized spacial score (nSPS) is 12.6. The number of esters is 1. The molecule has 0 N–H and O–H groups in total. The molecule has 8 nitrogen and oxygen atoms in total. The first-order valence-electron chi connectivity index (χ1n) is 6.49. The first-order valence-corrected chi connectivity index (χ1v) is 7.31. The molecule has 116 valence electrons. The third kappa shape index (κ3) is 2.21. The van der Waals surface area contributed by atoms with Gasteiger partial charge in [0.25, 0.3) is 0 Å². The van der Waals surface area contributed by atoms with E-state index >= 15 is 0 Å². The summed E-state index contributed by atoms with van der Waals surface area (Å²) in [4.78, 5) is 51.0. The van der Waals surface area contributed by atoms with E-state index < -0.39 is 22.5 Å². The van der Waals surface area contributed by atoms with E-state index in [0.29, 0.717) is 11.3 Å². The van der Waals surface area contributed by atoms with Crippen LogP contribution in [0.3, 0.4) is 0 Å². The maximum atomic E-state index is 12.6. The molecule has 0 fully saturated rings. The standard InChI is InChI=1S/C14H8N2O6S/c1-2-22-14(19)6-3-4-15-10-9(6)12(18)13-7(11(10)17)5-8(23-13)16(20)21/h3-5H,2H2,1H3. The maximum absolute atomic E-state index is 12.6. The van der Waals surface area contributed by atoms with E-state index in [2.05, 4.69) is 4.98 Å². The van der Waals surface area contributed by atoms with Gasteiger partial charge < -0.3 is 4.74 Å². The summed E-state index contributed by atoms with van der Waals surface area (Å²) in [5.74, 6) is -2.00. The lowest BCUT2D eigenvalue weighted by Crippen LogP contribution is -2.24. The van der Waals surface area contributed by atoms with Crippen LogP contribution in [-0.4, -0.2) is 34.0 Å². The fraction of sp³-hybridized carbons (Fsp3) is 0.143. The average molecular weight is 332 g/mol. The summed E-state index contributed by atoms with van der Waals surface area (Å²) in [5, 5.41) is 10.6. The van der Waals surface area contributed by atoms with Crippen molar-refractivity contribution in [1.82, 2.24) is 4.98 Å². The lowest BCUT2D eigenvalue weighted by atomic mass is 9.90. The zero-order valence-corrected chi connectivity index (χ0v) is 12.5. The van der Waals surface area contributed by atoms with Crippen LogP contribution >= 0.6 is 11.3 Å². The van der Waals surface area contributed by atoms with E-state index in [9.17, 15) is 24.5 Å². The van der Waals surface area contributed by atoms with Gasteiger partial charge in [-0.1, -0.05) is 11.3 Å². The highest BCUT2D eigenvalue weighted by Gasteiger charge is 2.38. The minimum absolute atomic E-state index is 0.0623. The molecule has 0 saturated heterocycles. The van der Waals surface area contributed by atoms with Crippen molar-refractivity contribution >= 4 is 33.9 Å². The zero-order chi connectivity index (χ0) is 16.7. The van der Waals surface area contributed by atoms with Gasteiger partial charge in [-0.15, -0.1) is 0 Å². The molecule has 0 amide bonds. The predicted molar refractivity (Wildman–Crippen MR) is 78.0 cm³/mol. The Morgan fingerprint density at radius 1 is 1.39 bits per heavy atom. The smallest absolute Gasteiger partial charge is 0.339 e. The highest BCUT2D eigenvalue weighted by Crippen LogP contribution is 2.37. The van der Waals surface area contributed by atoms with Gasteiger partial charge in [0.05, 0.1) is 33.1 Å². The minimum Gasteiger partial charge on any atom is -0.462 e. The van der Waals surface area contributed by atoms with E-state index in [1.54, 1.807) is 6.92 Å². The van der Waals surface area contributed by atoms with Crippen molar-refractivity contribution < 1.29 is 24.0 Å². The summed E-state index contributed by atoms with van der Waals surface area (Å²) in [6.07, 6.45) is 1.22. The summed E-state index contributed by atoms with van der Waals surface area (Å²) >= 11 is 0.603. The topological polar surface area (TPSA) is 116 Å². The number of nitrogens with zero attached hydrogens (tertiary/aromatic N) is 2. The molecule has 3 rings (SSSR count). The first-order chi connectivity index (χ1) is 11.0. The fourth-order valence-corrected chi connectivity index (χ4v) is 3.21. The SMILES string of the molecule is CCOC(=O)c1ccnc2c1C(=O)c1sc([N+](=O)[O-])cc1C2=O. The maximum Gasteiger partial charge on any atom is 0.339 e. The van der Waals surface area contributed by atoms with Gasteiger partial charge in [0.2, 0.25) is 11.6 Å². The van der Waals surface area contributed by atoms with Crippen molar-refractivity contribution in [2.75, 3.05) is 6.61 Å². The van der Waals surface area contributed by atoms with Crippen molar-refractivity contribution in [3.8, 4) is 0 Å². The summed E-state index contributed by atoms with van der Waals surface area (Å²) in [7, 11) is 0.